The van der Waals surface area contributed by atoms with E-state index in [0.717, 1.165) is 36.8 Å². The molecule has 4 nitrogen and oxygen atoms in total. The summed E-state index contributed by atoms with van der Waals surface area (Å²) in [5, 5.41) is 0.316. The lowest BCUT2D eigenvalue weighted by Crippen LogP contribution is -2.44. The number of halogens is 1. The normalized spacial score (nSPS) is 21.2. The third kappa shape index (κ3) is 2.13. The fourth-order valence-electron chi connectivity index (χ4n) is 1.90. The highest BCUT2D eigenvalue weighted by Crippen LogP contribution is 2.24. The molecule has 2 rings (SSSR count). The monoisotopic (exact) mass is 241 g/mol. The first-order chi connectivity index (χ1) is 7.59. The summed E-state index contributed by atoms with van der Waals surface area (Å²) in [4.78, 5) is 10.7. The molecule has 1 aliphatic rings. The van der Waals surface area contributed by atoms with Crippen LogP contribution in [0.4, 0.5) is 5.82 Å². The van der Waals surface area contributed by atoms with Crippen LogP contribution >= 0.6 is 11.6 Å². The number of ether oxygens (including phenoxy) is 1. The van der Waals surface area contributed by atoms with Crippen molar-refractivity contribution in [3.8, 4) is 0 Å². The SMILES string of the molecule is Cc1nc(Cl)nc(N2CCOCC2C)c1C. The Hall–Kier alpha value is -0.870. The zero-order chi connectivity index (χ0) is 11.7. The van der Waals surface area contributed by atoms with Crippen molar-refractivity contribution in [2.24, 2.45) is 0 Å². The Bertz CT molecular complexity index is 397. The molecule has 0 aliphatic carbocycles. The predicted molar refractivity (Wildman–Crippen MR) is 64.1 cm³/mol. The number of rotatable bonds is 1. The molecular weight excluding hydrogens is 226 g/mol. The van der Waals surface area contributed by atoms with Crippen molar-refractivity contribution in [2.45, 2.75) is 26.8 Å². The topological polar surface area (TPSA) is 38.2 Å². The van der Waals surface area contributed by atoms with Crippen LogP contribution in [0.1, 0.15) is 18.2 Å². The third-order valence-corrected chi connectivity index (χ3v) is 3.14. The summed E-state index contributed by atoms with van der Waals surface area (Å²) in [5.41, 5.74) is 2.03. The second kappa shape index (κ2) is 4.55. The van der Waals surface area contributed by atoms with Gasteiger partial charge in [0.1, 0.15) is 5.82 Å². The van der Waals surface area contributed by atoms with Crippen LogP contribution in [0.25, 0.3) is 0 Å². The number of anilines is 1. The highest BCUT2D eigenvalue weighted by atomic mass is 35.5. The molecule has 1 fully saturated rings. The lowest BCUT2D eigenvalue weighted by atomic mass is 10.2. The molecule has 1 aromatic rings. The number of aryl methyl sites for hydroxylation is 1. The predicted octanol–water partition coefficient (Wildman–Crippen LogP) is 1.97. The van der Waals surface area contributed by atoms with E-state index in [1.54, 1.807) is 0 Å². The van der Waals surface area contributed by atoms with E-state index in [4.69, 9.17) is 16.3 Å². The van der Waals surface area contributed by atoms with Crippen molar-refractivity contribution in [2.75, 3.05) is 24.7 Å². The molecule has 0 amide bonds. The zero-order valence-electron chi connectivity index (χ0n) is 9.83. The molecule has 2 heterocycles. The molecule has 1 aliphatic heterocycles. The Morgan fingerprint density at radius 1 is 1.38 bits per heavy atom. The quantitative estimate of drug-likeness (QED) is 0.705. The molecule has 88 valence electrons. The van der Waals surface area contributed by atoms with E-state index < -0.39 is 0 Å². The molecule has 1 atom stereocenters. The van der Waals surface area contributed by atoms with Gasteiger partial charge in [0.05, 0.1) is 19.3 Å². The van der Waals surface area contributed by atoms with Crippen molar-refractivity contribution < 1.29 is 4.74 Å². The summed E-state index contributed by atoms with van der Waals surface area (Å²) >= 11 is 5.91. The molecule has 0 radical (unpaired) electrons. The standard InChI is InChI=1S/C11H16ClN3O/c1-7-6-16-5-4-15(7)10-8(2)9(3)13-11(12)14-10/h7H,4-6H2,1-3H3. The van der Waals surface area contributed by atoms with Gasteiger partial charge in [-0.15, -0.1) is 0 Å². The first-order valence-corrected chi connectivity index (χ1v) is 5.82. The average molecular weight is 242 g/mol. The fourth-order valence-corrected chi connectivity index (χ4v) is 2.11. The van der Waals surface area contributed by atoms with E-state index in [-0.39, 0.29) is 0 Å². The largest absolute Gasteiger partial charge is 0.377 e. The molecular formula is C11H16ClN3O. The van der Waals surface area contributed by atoms with E-state index in [2.05, 4.69) is 21.8 Å². The van der Waals surface area contributed by atoms with Gasteiger partial charge in [0, 0.05) is 17.8 Å². The van der Waals surface area contributed by atoms with Crippen molar-refractivity contribution in [3.05, 3.63) is 16.5 Å². The van der Waals surface area contributed by atoms with Gasteiger partial charge in [-0.2, -0.15) is 0 Å². The Morgan fingerprint density at radius 2 is 2.12 bits per heavy atom. The number of morpholine rings is 1. The lowest BCUT2D eigenvalue weighted by molar-refractivity contribution is 0.0984. The van der Waals surface area contributed by atoms with Gasteiger partial charge in [0.2, 0.25) is 5.28 Å². The second-order valence-corrected chi connectivity index (χ2v) is 4.48. The third-order valence-electron chi connectivity index (χ3n) is 2.98. The van der Waals surface area contributed by atoms with Gasteiger partial charge in [-0.05, 0) is 32.4 Å². The van der Waals surface area contributed by atoms with E-state index >= 15 is 0 Å². The van der Waals surface area contributed by atoms with Crippen molar-refractivity contribution in [1.29, 1.82) is 0 Å². The van der Waals surface area contributed by atoms with Gasteiger partial charge in [-0.3, -0.25) is 0 Å². The maximum absolute atomic E-state index is 5.91. The molecule has 5 heteroatoms. The molecule has 1 aromatic heterocycles. The molecule has 0 aromatic carbocycles. The minimum atomic E-state index is 0.316. The second-order valence-electron chi connectivity index (χ2n) is 4.14. The summed E-state index contributed by atoms with van der Waals surface area (Å²) in [6.45, 7) is 8.45. The Balaban J connectivity index is 2.38. The average Bonchev–Trinajstić information content (AvgIpc) is 2.24. The maximum atomic E-state index is 5.91. The molecule has 1 unspecified atom stereocenters. The van der Waals surface area contributed by atoms with Gasteiger partial charge in [-0.1, -0.05) is 0 Å². The van der Waals surface area contributed by atoms with Crippen LogP contribution in [-0.2, 0) is 4.74 Å². The molecule has 1 saturated heterocycles. The first-order valence-electron chi connectivity index (χ1n) is 5.44. The van der Waals surface area contributed by atoms with Crippen molar-refractivity contribution in [1.82, 2.24) is 9.97 Å². The van der Waals surface area contributed by atoms with E-state index in [9.17, 15) is 0 Å². The summed E-state index contributed by atoms with van der Waals surface area (Å²) < 4.78 is 5.42. The number of nitrogens with zero attached hydrogens (tertiary/aromatic N) is 3. The summed E-state index contributed by atoms with van der Waals surface area (Å²) in [6, 6.07) is 0.331. The zero-order valence-corrected chi connectivity index (χ0v) is 10.6. The van der Waals surface area contributed by atoms with Crippen LogP contribution < -0.4 is 4.90 Å². The lowest BCUT2D eigenvalue weighted by Gasteiger charge is -2.35. The molecule has 0 bridgehead atoms. The van der Waals surface area contributed by atoms with Crippen LogP contribution in [0.15, 0.2) is 0 Å². The van der Waals surface area contributed by atoms with Crippen LogP contribution in [0.2, 0.25) is 5.28 Å². The van der Waals surface area contributed by atoms with E-state index in [1.165, 1.54) is 0 Å². The summed E-state index contributed by atoms with van der Waals surface area (Å²) in [6.07, 6.45) is 0. The van der Waals surface area contributed by atoms with Gasteiger partial charge >= 0.3 is 0 Å². The van der Waals surface area contributed by atoms with Gasteiger partial charge in [0.15, 0.2) is 0 Å². The molecule has 0 saturated carbocycles. The molecule has 0 N–H and O–H groups in total. The Labute approximate surface area is 101 Å². The van der Waals surface area contributed by atoms with Gasteiger partial charge in [-0.25, -0.2) is 9.97 Å². The minimum absolute atomic E-state index is 0.316. The highest BCUT2D eigenvalue weighted by molar-refractivity contribution is 6.28. The maximum Gasteiger partial charge on any atom is 0.224 e. The number of hydrogen-bond donors (Lipinski definition) is 0. The summed E-state index contributed by atoms with van der Waals surface area (Å²) in [5.74, 6) is 0.938. The summed E-state index contributed by atoms with van der Waals surface area (Å²) in [7, 11) is 0. The van der Waals surface area contributed by atoms with Crippen molar-refractivity contribution in [3.63, 3.8) is 0 Å². The van der Waals surface area contributed by atoms with Crippen LogP contribution in [0, 0.1) is 13.8 Å². The fraction of sp³-hybridized carbons (Fsp3) is 0.636. The van der Waals surface area contributed by atoms with Crippen molar-refractivity contribution >= 4 is 17.4 Å². The van der Waals surface area contributed by atoms with E-state index in [0.29, 0.717) is 11.3 Å². The number of hydrogen-bond acceptors (Lipinski definition) is 4. The Morgan fingerprint density at radius 3 is 2.81 bits per heavy atom. The van der Waals surface area contributed by atoms with E-state index in [1.807, 2.05) is 13.8 Å². The van der Waals surface area contributed by atoms with Crippen LogP contribution in [0.5, 0.6) is 0 Å². The van der Waals surface area contributed by atoms with Crippen LogP contribution in [0.3, 0.4) is 0 Å². The highest BCUT2D eigenvalue weighted by Gasteiger charge is 2.22. The first kappa shape index (κ1) is 11.6. The Kier molecular flexibility index (Phi) is 3.30. The van der Waals surface area contributed by atoms with Gasteiger partial charge < -0.3 is 9.64 Å². The number of aromatic nitrogens is 2. The van der Waals surface area contributed by atoms with Crippen LogP contribution in [-0.4, -0.2) is 35.8 Å². The smallest absolute Gasteiger partial charge is 0.224 e. The molecule has 16 heavy (non-hydrogen) atoms. The molecule has 0 spiro atoms. The minimum Gasteiger partial charge on any atom is -0.377 e. The van der Waals surface area contributed by atoms with Gasteiger partial charge in [0.25, 0.3) is 0 Å².